The molecule has 0 aliphatic heterocycles. The van der Waals surface area contributed by atoms with Gasteiger partial charge >= 0.3 is 0 Å². The average Bonchev–Trinajstić information content (AvgIpc) is 2.99. The van der Waals surface area contributed by atoms with Crippen LogP contribution >= 0.6 is 0 Å². The molecule has 0 aliphatic carbocycles. The number of imidazole rings is 1. The molecular formula is C17H25N3O3S. The van der Waals surface area contributed by atoms with Crippen molar-refractivity contribution >= 4 is 26.8 Å². The number of para-hydroxylation sites is 2. The fraction of sp³-hybridized carbons (Fsp3) is 0.529. The Morgan fingerprint density at radius 1 is 1.17 bits per heavy atom. The summed E-state index contributed by atoms with van der Waals surface area (Å²) < 4.78 is 25.2. The van der Waals surface area contributed by atoms with Crippen LogP contribution in [0.15, 0.2) is 29.4 Å². The molecule has 0 spiro atoms. The topological polar surface area (TPSA) is 83.1 Å². The number of benzene rings is 1. The number of rotatable bonds is 7. The Balaban J connectivity index is 2.27. The molecule has 0 radical (unpaired) electrons. The molecule has 24 heavy (non-hydrogen) atoms. The molecule has 0 bridgehead atoms. The fourth-order valence-electron chi connectivity index (χ4n) is 2.70. The van der Waals surface area contributed by atoms with Gasteiger partial charge in [-0.2, -0.15) is 0 Å². The highest BCUT2D eigenvalue weighted by Crippen LogP contribution is 2.18. The van der Waals surface area contributed by atoms with Gasteiger partial charge < -0.3 is 9.88 Å². The van der Waals surface area contributed by atoms with E-state index < -0.39 is 15.6 Å². The van der Waals surface area contributed by atoms with E-state index in [-0.39, 0.29) is 23.1 Å². The van der Waals surface area contributed by atoms with Crippen molar-refractivity contribution in [3.05, 3.63) is 24.3 Å². The van der Waals surface area contributed by atoms with Crippen LogP contribution in [0.2, 0.25) is 0 Å². The van der Waals surface area contributed by atoms with Gasteiger partial charge in [0.05, 0.1) is 11.0 Å². The number of amides is 1. The summed E-state index contributed by atoms with van der Waals surface area (Å²) in [7, 11) is -3.81. The Kier molecular flexibility index (Phi) is 5.64. The molecule has 2 unspecified atom stereocenters. The quantitative estimate of drug-likeness (QED) is 0.831. The van der Waals surface area contributed by atoms with Crippen LogP contribution in [0.5, 0.6) is 0 Å². The Labute approximate surface area is 143 Å². The van der Waals surface area contributed by atoms with Gasteiger partial charge in [0.1, 0.15) is 5.75 Å². The minimum Gasteiger partial charge on any atom is -0.336 e. The molecule has 1 heterocycles. The lowest BCUT2D eigenvalue weighted by Gasteiger charge is -2.33. The van der Waals surface area contributed by atoms with Gasteiger partial charge in [-0.25, -0.2) is 13.4 Å². The number of fused-ring (bicyclic) bond motifs is 1. The minimum atomic E-state index is -3.81. The number of nitrogens with one attached hydrogen (secondary N) is 1. The molecule has 1 aromatic carbocycles. The van der Waals surface area contributed by atoms with Crippen molar-refractivity contribution in [1.29, 1.82) is 0 Å². The standard InChI is InChI=1S/C17H25N3O3S/c1-5-12(3)20(13(4)6-2)16(21)11-24(22,23)17-18-14-9-7-8-10-15(14)19-17/h7-10,12-13H,5-6,11H2,1-4H3,(H,18,19). The second-order valence-corrected chi connectivity index (χ2v) is 8.04. The molecule has 2 atom stereocenters. The van der Waals surface area contributed by atoms with Crippen molar-refractivity contribution in [2.24, 2.45) is 0 Å². The van der Waals surface area contributed by atoms with E-state index in [1.165, 1.54) is 0 Å². The lowest BCUT2D eigenvalue weighted by Crippen LogP contribution is -2.46. The molecule has 2 rings (SSSR count). The third-order valence-electron chi connectivity index (χ3n) is 4.40. The van der Waals surface area contributed by atoms with Gasteiger partial charge in [0.2, 0.25) is 20.9 Å². The number of carbonyl (C=O) groups excluding carboxylic acids is 1. The third kappa shape index (κ3) is 3.77. The highest BCUT2D eigenvalue weighted by molar-refractivity contribution is 7.91. The molecule has 7 heteroatoms. The first-order valence-electron chi connectivity index (χ1n) is 8.28. The Morgan fingerprint density at radius 2 is 1.75 bits per heavy atom. The molecule has 0 aliphatic rings. The van der Waals surface area contributed by atoms with E-state index >= 15 is 0 Å². The number of aromatic amines is 1. The van der Waals surface area contributed by atoms with Crippen molar-refractivity contribution in [2.75, 3.05) is 5.75 Å². The Bertz CT molecular complexity index is 770. The summed E-state index contributed by atoms with van der Waals surface area (Å²) in [6.45, 7) is 7.86. The summed E-state index contributed by atoms with van der Waals surface area (Å²) in [6.07, 6.45) is 1.56. The van der Waals surface area contributed by atoms with Crippen LogP contribution in [0.25, 0.3) is 11.0 Å². The van der Waals surface area contributed by atoms with E-state index in [1.807, 2.05) is 27.7 Å². The molecule has 1 N–H and O–H groups in total. The predicted octanol–water partition coefficient (Wildman–Crippen LogP) is 2.76. The average molecular weight is 351 g/mol. The molecule has 2 aromatic rings. The van der Waals surface area contributed by atoms with Crippen LogP contribution in [-0.4, -0.2) is 47.0 Å². The second kappa shape index (κ2) is 7.34. The van der Waals surface area contributed by atoms with Gasteiger partial charge in [0.15, 0.2) is 0 Å². The van der Waals surface area contributed by atoms with Crippen LogP contribution in [0.3, 0.4) is 0 Å². The van der Waals surface area contributed by atoms with Crippen molar-refractivity contribution in [3.63, 3.8) is 0 Å². The van der Waals surface area contributed by atoms with Crippen molar-refractivity contribution < 1.29 is 13.2 Å². The molecule has 132 valence electrons. The second-order valence-electron chi connectivity index (χ2n) is 6.13. The first-order chi connectivity index (χ1) is 11.3. The lowest BCUT2D eigenvalue weighted by molar-refractivity contribution is -0.132. The van der Waals surface area contributed by atoms with E-state index in [9.17, 15) is 13.2 Å². The molecule has 0 saturated carbocycles. The number of aromatic nitrogens is 2. The monoisotopic (exact) mass is 351 g/mol. The van der Waals surface area contributed by atoms with Crippen LogP contribution in [-0.2, 0) is 14.6 Å². The van der Waals surface area contributed by atoms with E-state index in [1.54, 1.807) is 29.2 Å². The first kappa shape index (κ1) is 18.4. The van der Waals surface area contributed by atoms with Crippen LogP contribution in [0.4, 0.5) is 0 Å². The zero-order valence-corrected chi connectivity index (χ0v) is 15.4. The number of hydrogen-bond donors (Lipinski definition) is 1. The SMILES string of the molecule is CCC(C)N(C(=O)CS(=O)(=O)c1nc2ccccc2[nH]1)C(C)CC. The summed E-state index contributed by atoms with van der Waals surface area (Å²) in [5, 5.41) is -0.148. The Hall–Kier alpha value is -1.89. The summed E-state index contributed by atoms with van der Waals surface area (Å²) in [6, 6.07) is 7.08. The van der Waals surface area contributed by atoms with Crippen LogP contribution in [0, 0.1) is 0 Å². The molecule has 0 saturated heterocycles. The molecule has 1 aromatic heterocycles. The zero-order valence-electron chi connectivity index (χ0n) is 14.6. The van der Waals surface area contributed by atoms with E-state index in [2.05, 4.69) is 9.97 Å². The maximum absolute atomic E-state index is 12.7. The van der Waals surface area contributed by atoms with Gasteiger partial charge in [-0.1, -0.05) is 26.0 Å². The first-order valence-corrected chi connectivity index (χ1v) is 9.94. The fourth-order valence-corrected chi connectivity index (χ4v) is 3.82. The number of nitrogens with zero attached hydrogens (tertiary/aromatic N) is 2. The summed E-state index contributed by atoms with van der Waals surface area (Å²) in [5.41, 5.74) is 1.22. The van der Waals surface area contributed by atoms with Gasteiger partial charge in [-0.3, -0.25) is 4.79 Å². The highest BCUT2D eigenvalue weighted by Gasteiger charge is 2.30. The molecule has 0 fully saturated rings. The Morgan fingerprint density at radius 3 is 2.29 bits per heavy atom. The number of hydrogen-bond acceptors (Lipinski definition) is 4. The van der Waals surface area contributed by atoms with Crippen LogP contribution in [0.1, 0.15) is 40.5 Å². The van der Waals surface area contributed by atoms with Gasteiger partial charge in [0.25, 0.3) is 0 Å². The van der Waals surface area contributed by atoms with E-state index in [4.69, 9.17) is 0 Å². The largest absolute Gasteiger partial charge is 0.336 e. The molecule has 6 nitrogen and oxygen atoms in total. The molecular weight excluding hydrogens is 326 g/mol. The smallest absolute Gasteiger partial charge is 0.238 e. The minimum absolute atomic E-state index is 0.00155. The van der Waals surface area contributed by atoms with Gasteiger partial charge in [-0.05, 0) is 38.8 Å². The number of carbonyl (C=O) groups is 1. The maximum Gasteiger partial charge on any atom is 0.238 e. The number of H-pyrrole nitrogens is 1. The number of sulfone groups is 1. The highest BCUT2D eigenvalue weighted by atomic mass is 32.2. The summed E-state index contributed by atoms with van der Waals surface area (Å²) >= 11 is 0. The molecule has 1 amide bonds. The normalized spacial score (nSPS) is 14.5. The zero-order chi connectivity index (χ0) is 17.9. The van der Waals surface area contributed by atoms with Crippen molar-refractivity contribution in [3.8, 4) is 0 Å². The van der Waals surface area contributed by atoms with Crippen molar-refractivity contribution in [2.45, 2.75) is 57.8 Å². The van der Waals surface area contributed by atoms with Crippen LogP contribution < -0.4 is 0 Å². The predicted molar refractivity (Wildman–Crippen MR) is 94.5 cm³/mol. The maximum atomic E-state index is 12.7. The summed E-state index contributed by atoms with van der Waals surface area (Å²) in [4.78, 5) is 21.2. The van der Waals surface area contributed by atoms with Gasteiger partial charge in [0, 0.05) is 12.1 Å². The van der Waals surface area contributed by atoms with Gasteiger partial charge in [-0.15, -0.1) is 0 Å². The lowest BCUT2D eigenvalue weighted by atomic mass is 10.1. The third-order valence-corrected chi connectivity index (χ3v) is 5.80. The van der Waals surface area contributed by atoms with Crippen molar-refractivity contribution in [1.82, 2.24) is 14.9 Å². The summed E-state index contributed by atoms with van der Waals surface area (Å²) in [5.74, 6) is -0.944. The van der Waals surface area contributed by atoms with E-state index in [0.717, 1.165) is 12.8 Å². The van der Waals surface area contributed by atoms with E-state index in [0.29, 0.717) is 11.0 Å².